The Morgan fingerprint density at radius 1 is 1.30 bits per heavy atom. The molecule has 20 heavy (non-hydrogen) atoms. The summed E-state index contributed by atoms with van der Waals surface area (Å²) in [5.41, 5.74) is 2.24. The predicted molar refractivity (Wildman–Crippen MR) is 72.5 cm³/mol. The van der Waals surface area contributed by atoms with Crippen molar-refractivity contribution in [2.75, 3.05) is 0 Å². The highest BCUT2D eigenvalue weighted by molar-refractivity contribution is 6.00. The number of carboxylic acid groups (broad SMARTS) is 1. The zero-order chi connectivity index (χ0) is 14.1. The van der Waals surface area contributed by atoms with Gasteiger partial charge in [0.15, 0.2) is 0 Å². The van der Waals surface area contributed by atoms with Gasteiger partial charge in [0.2, 0.25) is 0 Å². The number of aromatic carboxylic acids is 1. The minimum absolute atomic E-state index is 0.0715. The van der Waals surface area contributed by atoms with Crippen LogP contribution >= 0.6 is 0 Å². The van der Waals surface area contributed by atoms with E-state index in [1.807, 2.05) is 25.1 Å². The summed E-state index contributed by atoms with van der Waals surface area (Å²) in [6, 6.07) is 8.77. The van der Waals surface area contributed by atoms with Crippen LogP contribution in [0.15, 0.2) is 42.7 Å². The molecule has 0 saturated carbocycles. The fraction of sp³-hybridized carbons (Fsp3) is 0.143. The second-order valence-corrected chi connectivity index (χ2v) is 4.47. The maximum absolute atomic E-state index is 11.2. The van der Waals surface area contributed by atoms with Gasteiger partial charge in [-0.25, -0.2) is 9.48 Å². The molecule has 0 saturated heterocycles. The van der Waals surface area contributed by atoms with Crippen molar-refractivity contribution in [3.05, 3.63) is 53.9 Å². The molecule has 2 aromatic heterocycles. The summed E-state index contributed by atoms with van der Waals surface area (Å²) in [5.74, 6) is -1.00. The van der Waals surface area contributed by atoms with Crippen molar-refractivity contribution in [1.82, 2.24) is 20.0 Å². The topological polar surface area (TPSA) is 80.9 Å². The van der Waals surface area contributed by atoms with Crippen LogP contribution in [0, 0.1) is 0 Å². The van der Waals surface area contributed by atoms with Crippen LogP contribution in [0.4, 0.5) is 0 Å². The number of carbonyl (C=O) groups is 1. The minimum atomic E-state index is -1.00. The van der Waals surface area contributed by atoms with Crippen molar-refractivity contribution in [2.24, 2.45) is 0 Å². The first kappa shape index (κ1) is 12.3. The Morgan fingerprint density at radius 3 is 2.85 bits per heavy atom. The number of pyridine rings is 1. The van der Waals surface area contributed by atoms with Gasteiger partial charge in [0.05, 0.1) is 17.1 Å². The molecule has 1 aromatic carbocycles. The van der Waals surface area contributed by atoms with Crippen LogP contribution in [0.3, 0.4) is 0 Å². The van der Waals surface area contributed by atoms with E-state index < -0.39 is 5.97 Å². The lowest BCUT2D eigenvalue weighted by molar-refractivity contribution is 0.0699. The number of nitrogens with zero attached hydrogens (tertiary/aromatic N) is 4. The number of hydrogen-bond donors (Lipinski definition) is 1. The predicted octanol–water partition coefficient (Wildman–Crippen LogP) is 2.13. The van der Waals surface area contributed by atoms with Crippen molar-refractivity contribution in [2.45, 2.75) is 13.0 Å². The molecule has 0 aliphatic carbocycles. The van der Waals surface area contributed by atoms with Crippen LogP contribution in [0.25, 0.3) is 11.0 Å². The number of fused-ring (bicyclic) bond motifs is 1. The summed E-state index contributed by atoms with van der Waals surface area (Å²) >= 11 is 0. The average Bonchev–Trinajstić information content (AvgIpc) is 2.91. The molecule has 100 valence electrons. The monoisotopic (exact) mass is 268 g/mol. The van der Waals surface area contributed by atoms with E-state index in [-0.39, 0.29) is 11.6 Å². The van der Waals surface area contributed by atoms with Gasteiger partial charge in [0.25, 0.3) is 0 Å². The SMILES string of the molecule is CC(c1cccnc1)n1nnc2c(C(=O)O)cccc21. The van der Waals surface area contributed by atoms with Crippen LogP contribution in [-0.4, -0.2) is 31.1 Å². The second-order valence-electron chi connectivity index (χ2n) is 4.47. The van der Waals surface area contributed by atoms with E-state index in [0.29, 0.717) is 11.0 Å². The highest BCUT2D eigenvalue weighted by Gasteiger charge is 2.17. The van der Waals surface area contributed by atoms with Crippen LogP contribution < -0.4 is 0 Å². The smallest absolute Gasteiger partial charge is 0.338 e. The normalized spacial score (nSPS) is 12.4. The van der Waals surface area contributed by atoms with Crippen molar-refractivity contribution in [3.63, 3.8) is 0 Å². The van der Waals surface area contributed by atoms with Crippen LogP contribution in [0.2, 0.25) is 0 Å². The fourth-order valence-corrected chi connectivity index (χ4v) is 2.19. The molecule has 3 aromatic rings. The Morgan fingerprint density at radius 2 is 2.15 bits per heavy atom. The first-order chi connectivity index (χ1) is 9.68. The molecule has 1 unspecified atom stereocenters. The maximum atomic E-state index is 11.2. The minimum Gasteiger partial charge on any atom is -0.478 e. The van der Waals surface area contributed by atoms with E-state index in [4.69, 9.17) is 5.11 Å². The molecule has 6 heteroatoms. The molecule has 0 aliphatic rings. The van der Waals surface area contributed by atoms with E-state index in [9.17, 15) is 4.79 Å². The Balaban J connectivity index is 2.14. The molecule has 1 atom stereocenters. The van der Waals surface area contributed by atoms with Crippen molar-refractivity contribution < 1.29 is 9.90 Å². The fourth-order valence-electron chi connectivity index (χ4n) is 2.19. The number of rotatable bonds is 3. The first-order valence-corrected chi connectivity index (χ1v) is 6.15. The number of carboxylic acids is 1. The highest BCUT2D eigenvalue weighted by Crippen LogP contribution is 2.23. The van der Waals surface area contributed by atoms with Gasteiger partial charge in [0, 0.05) is 12.4 Å². The molecular weight excluding hydrogens is 256 g/mol. The quantitative estimate of drug-likeness (QED) is 0.787. The Kier molecular flexibility index (Phi) is 2.90. The lowest BCUT2D eigenvalue weighted by atomic mass is 10.1. The summed E-state index contributed by atoms with van der Waals surface area (Å²) in [4.78, 5) is 15.3. The van der Waals surface area contributed by atoms with Crippen LogP contribution in [-0.2, 0) is 0 Å². The summed E-state index contributed by atoms with van der Waals surface area (Å²) in [6.45, 7) is 1.97. The molecule has 0 amide bonds. The summed E-state index contributed by atoms with van der Waals surface area (Å²) < 4.78 is 1.71. The van der Waals surface area contributed by atoms with E-state index >= 15 is 0 Å². The van der Waals surface area contributed by atoms with E-state index in [1.165, 1.54) is 6.07 Å². The zero-order valence-corrected chi connectivity index (χ0v) is 10.8. The molecule has 3 rings (SSSR count). The van der Waals surface area contributed by atoms with Gasteiger partial charge in [-0.05, 0) is 30.7 Å². The largest absolute Gasteiger partial charge is 0.478 e. The number of hydrogen-bond acceptors (Lipinski definition) is 4. The standard InChI is InChI=1S/C14H12N4O2/c1-9(10-4-3-7-15-8-10)18-12-6-2-5-11(14(19)20)13(12)16-17-18/h2-9H,1H3,(H,19,20). The Labute approximate surface area is 114 Å². The van der Waals surface area contributed by atoms with Gasteiger partial charge < -0.3 is 5.11 Å². The summed E-state index contributed by atoms with van der Waals surface area (Å²) in [5, 5.41) is 17.2. The van der Waals surface area contributed by atoms with E-state index in [1.54, 1.807) is 23.1 Å². The zero-order valence-electron chi connectivity index (χ0n) is 10.8. The van der Waals surface area contributed by atoms with Gasteiger partial charge in [-0.3, -0.25) is 4.98 Å². The molecule has 6 nitrogen and oxygen atoms in total. The van der Waals surface area contributed by atoms with Gasteiger partial charge in [0.1, 0.15) is 5.52 Å². The lowest BCUT2D eigenvalue weighted by Gasteiger charge is -2.12. The van der Waals surface area contributed by atoms with Crippen LogP contribution in [0.5, 0.6) is 0 Å². The maximum Gasteiger partial charge on any atom is 0.338 e. The van der Waals surface area contributed by atoms with E-state index in [0.717, 1.165) is 5.56 Å². The molecule has 2 heterocycles. The highest BCUT2D eigenvalue weighted by atomic mass is 16.4. The third kappa shape index (κ3) is 1.91. The molecule has 0 aliphatic heterocycles. The van der Waals surface area contributed by atoms with Gasteiger partial charge in [-0.15, -0.1) is 5.10 Å². The number of benzene rings is 1. The van der Waals surface area contributed by atoms with Gasteiger partial charge >= 0.3 is 5.97 Å². The molecule has 0 radical (unpaired) electrons. The molecule has 0 fully saturated rings. The van der Waals surface area contributed by atoms with Crippen LogP contribution in [0.1, 0.15) is 28.9 Å². The molecule has 0 bridgehead atoms. The van der Waals surface area contributed by atoms with Crippen molar-refractivity contribution >= 4 is 17.0 Å². The first-order valence-electron chi connectivity index (χ1n) is 6.15. The molecular formula is C14H12N4O2. The third-order valence-electron chi connectivity index (χ3n) is 3.27. The molecule has 1 N–H and O–H groups in total. The van der Waals surface area contributed by atoms with Crippen molar-refractivity contribution in [3.8, 4) is 0 Å². The van der Waals surface area contributed by atoms with Gasteiger partial charge in [-0.1, -0.05) is 17.3 Å². The Hall–Kier alpha value is -2.76. The summed E-state index contributed by atoms with van der Waals surface area (Å²) in [6.07, 6.45) is 3.47. The lowest BCUT2D eigenvalue weighted by Crippen LogP contribution is -2.08. The van der Waals surface area contributed by atoms with Gasteiger partial charge in [-0.2, -0.15) is 0 Å². The Bertz CT molecular complexity index is 767. The summed E-state index contributed by atoms with van der Waals surface area (Å²) in [7, 11) is 0. The van der Waals surface area contributed by atoms with E-state index in [2.05, 4.69) is 15.3 Å². The second kappa shape index (κ2) is 4.73. The van der Waals surface area contributed by atoms with Crippen molar-refractivity contribution in [1.29, 1.82) is 0 Å². The average molecular weight is 268 g/mol. The third-order valence-corrected chi connectivity index (χ3v) is 3.27. The number of aromatic nitrogens is 4. The molecule has 0 spiro atoms.